The lowest BCUT2D eigenvalue weighted by Crippen LogP contribution is -2.13. The molecule has 6 heteroatoms. The molecule has 0 atom stereocenters. The molecule has 0 spiro atoms. The van der Waals surface area contributed by atoms with Gasteiger partial charge in [0.05, 0.1) is 37.0 Å². The number of ether oxygens (including phenoxy) is 2. The maximum absolute atomic E-state index is 12.7. The van der Waals surface area contributed by atoms with Crippen LogP contribution >= 0.6 is 0 Å². The lowest BCUT2D eigenvalue weighted by atomic mass is 10.1. The second kappa shape index (κ2) is 6.57. The highest BCUT2D eigenvalue weighted by atomic mass is 16.5. The van der Waals surface area contributed by atoms with E-state index in [1.54, 1.807) is 13.2 Å². The number of fused-ring (bicyclic) bond motifs is 2. The van der Waals surface area contributed by atoms with Crippen molar-refractivity contribution >= 4 is 22.5 Å². The largest absolute Gasteiger partial charge is 0.492 e. The van der Waals surface area contributed by atoms with Crippen LogP contribution in [0.4, 0.5) is 5.69 Å². The Labute approximate surface area is 145 Å². The Morgan fingerprint density at radius 1 is 1.36 bits per heavy atom. The second-order valence-electron chi connectivity index (χ2n) is 5.98. The molecular weight excluding hydrogens is 318 g/mol. The van der Waals surface area contributed by atoms with E-state index in [-0.39, 0.29) is 5.91 Å². The number of aromatic nitrogens is 2. The third-order valence-electron chi connectivity index (χ3n) is 4.37. The molecule has 1 aliphatic heterocycles. The highest BCUT2D eigenvalue weighted by molar-refractivity contribution is 6.07. The molecule has 0 saturated carbocycles. The van der Waals surface area contributed by atoms with E-state index in [2.05, 4.69) is 10.4 Å². The Kier molecular flexibility index (Phi) is 4.11. The molecule has 0 saturated heterocycles. The first-order valence-electron chi connectivity index (χ1n) is 8.27. The topological polar surface area (TPSA) is 65.4 Å². The van der Waals surface area contributed by atoms with Crippen LogP contribution in [0.15, 0.2) is 42.6 Å². The summed E-state index contributed by atoms with van der Waals surface area (Å²) in [7, 11) is 1.66. The van der Waals surface area contributed by atoms with Crippen molar-refractivity contribution in [1.82, 2.24) is 9.78 Å². The van der Waals surface area contributed by atoms with Gasteiger partial charge in [-0.25, -0.2) is 0 Å². The number of methoxy groups -OCH3 is 1. The van der Waals surface area contributed by atoms with E-state index >= 15 is 0 Å². The zero-order chi connectivity index (χ0) is 17.2. The average Bonchev–Trinajstić information content (AvgIpc) is 3.26. The lowest BCUT2D eigenvalue weighted by molar-refractivity contribution is 0.102. The zero-order valence-corrected chi connectivity index (χ0v) is 14.0. The highest BCUT2D eigenvalue weighted by Gasteiger charge is 2.20. The van der Waals surface area contributed by atoms with E-state index in [0.717, 1.165) is 28.6 Å². The molecule has 1 N–H and O–H groups in total. The first kappa shape index (κ1) is 15.7. The van der Waals surface area contributed by atoms with Crippen LogP contribution in [0.5, 0.6) is 5.75 Å². The minimum absolute atomic E-state index is 0.166. The summed E-state index contributed by atoms with van der Waals surface area (Å²) >= 11 is 0. The van der Waals surface area contributed by atoms with Crippen molar-refractivity contribution in [1.29, 1.82) is 0 Å². The first-order chi connectivity index (χ1) is 12.3. The van der Waals surface area contributed by atoms with Gasteiger partial charge in [0, 0.05) is 24.6 Å². The Balaban J connectivity index is 1.60. The standard InChI is InChI=1S/C19H19N3O3/c1-24-10-8-22-17-11-15(6-5-14(17)12-20-22)21-19(23)16-4-2-3-13-7-9-25-18(13)16/h2-6,11-12H,7-10H2,1H3,(H,21,23). The van der Waals surface area contributed by atoms with E-state index in [4.69, 9.17) is 9.47 Å². The molecule has 1 amide bonds. The van der Waals surface area contributed by atoms with Gasteiger partial charge in [-0.05, 0) is 29.8 Å². The van der Waals surface area contributed by atoms with Gasteiger partial charge in [0.25, 0.3) is 5.91 Å². The number of carbonyl (C=O) groups is 1. The summed E-state index contributed by atoms with van der Waals surface area (Å²) in [6, 6.07) is 11.4. The number of nitrogens with zero attached hydrogens (tertiary/aromatic N) is 2. The highest BCUT2D eigenvalue weighted by Crippen LogP contribution is 2.30. The molecule has 0 unspecified atom stereocenters. The maximum atomic E-state index is 12.7. The van der Waals surface area contributed by atoms with E-state index in [1.807, 2.05) is 41.2 Å². The van der Waals surface area contributed by atoms with Crippen molar-refractivity contribution < 1.29 is 14.3 Å². The second-order valence-corrected chi connectivity index (χ2v) is 5.98. The van der Waals surface area contributed by atoms with Gasteiger partial charge >= 0.3 is 0 Å². The number of carbonyl (C=O) groups excluding carboxylic acids is 1. The Morgan fingerprint density at radius 2 is 2.28 bits per heavy atom. The number of rotatable bonds is 5. The molecule has 0 bridgehead atoms. The summed E-state index contributed by atoms with van der Waals surface area (Å²) in [4.78, 5) is 12.7. The minimum Gasteiger partial charge on any atom is -0.492 e. The van der Waals surface area contributed by atoms with E-state index in [0.29, 0.717) is 31.1 Å². The number of amides is 1. The number of hydrogen-bond donors (Lipinski definition) is 1. The first-order valence-corrected chi connectivity index (χ1v) is 8.27. The number of para-hydroxylation sites is 1. The van der Waals surface area contributed by atoms with E-state index in [9.17, 15) is 4.79 Å². The molecule has 2 aromatic carbocycles. The van der Waals surface area contributed by atoms with Crippen molar-refractivity contribution in [3.05, 3.63) is 53.7 Å². The van der Waals surface area contributed by atoms with Crippen LogP contribution in [-0.2, 0) is 17.7 Å². The monoisotopic (exact) mass is 337 g/mol. The predicted molar refractivity (Wildman–Crippen MR) is 95.2 cm³/mol. The Bertz CT molecular complexity index is 933. The Morgan fingerprint density at radius 3 is 3.16 bits per heavy atom. The molecule has 25 heavy (non-hydrogen) atoms. The van der Waals surface area contributed by atoms with Gasteiger partial charge in [-0.2, -0.15) is 5.10 Å². The number of nitrogens with one attached hydrogen (secondary N) is 1. The molecule has 0 radical (unpaired) electrons. The van der Waals surface area contributed by atoms with Crippen molar-refractivity contribution in [3.8, 4) is 5.75 Å². The van der Waals surface area contributed by atoms with Crippen LogP contribution in [-0.4, -0.2) is 36.0 Å². The fourth-order valence-electron chi connectivity index (χ4n) is 3.10. The molecule has 4 rings (SSSR count). The molecule has 0 fully saturated rings. The fraction of sp³-hybridized carbons (Fsp3) is 0.263. The van der Waals surface area contributed by atoms with Gasteiger partial charge in [-0.1, -0.05) is 12.1 Å². The molecule has 2 heterocycles. The third-order valence-corrected chi connectivity index (χ3v) is 4.37. The average molecular weight is 337 g/mol. The quantitative estimate of drug-likeness (QED) is 0.777. The summed E-state index contributed by atoms with van der Waals surface area (Å²) in [6.45, 7) is 1.88. The zero-order valence-electron chi connectivity index (χ0n) is 14.0. The van der Waals surface area contributed by atoms with Crippen molar-refractivity contribution in [2.75, 3.05) is 25.6 Å². The van der Waals surface area contributed by atoms with E-state index in [1.165, 1.54) is 0 Å². The maximum Gasteiger partial charge on any atom is 0.259 e. The minimum atomic E-state index is -0.166. The number of benzene rings is 2. The normalized spacial score (nSPS) is 12.8. The summed E-state index contributed by atoms with van der Waals surface area (Å²) in [6.07, 6.45) is 2.66. The fourth-order valence-corrected chi connectivity index (χ4v) is 3.10. The van der Waals surface area contributed by atoms with Gasteiger partial charge in [-0.15, -0.1) is 0 Å². The van der Waals surface area contributed by atoms with Gasteiger partial charge in [-0.3, -0.25) is 9.48 Å². The van der Waals surface area contributed by atoms with Gasteiger partial charge in [0.15, 0.2) is 0 Å². The van der Waals surface area contributed by atoms with Gasteiger partial charge < -0.3 is 14.8 Å². The molecule has 0 aliphatic carbocycles. The van der Waals surface area contributed by atoms with Crippen LogP contribution in [0, 0.1) is 0 Å². The summed E-state index contributed by atoms with van der Waals surface area (Å²) in [5, 5.41) is 8.35. The molecule has 1 aliphatic rings. The molecule has 128 valence electrons. The Hall–Kier alpha value is -2.86. The van der Waals surface area contributed by atoms with Crippen molar-refractivity contribution in [2.24, 2.45) is 0 Å². The third kappa shape index (κ3) is 2.96. The van der Waals surface area contributed by atoms with Crippen LogP contribution in [0.3, 0.4) is 0 Å². The lowest BCUT2D eigenvalue weighted by Gasteiger charge is -2.10. The van der Waals surface area contributed by atoms with Crippen LogP contribution < -0.4 is 10.1 Å². The summed E-state index contributed by atoms with van der Waals surface area (Å²) < 4.78 is 12.6. The molecule has 1 aromatic heterocycles. The van der Waals surface area contributed by atoms with Crippen LogP contribution in [0.1, 0.15) is 15.9 Å². The number of hydrogen-bond acceptors (Lipinski definition) is 4. The smallest absolute Gasteiger partial charge is 0.259 e. The molecular formula is C19H19N3O3. The summed E-state index contributed by atoms with van der Waals surface area (Å²) in [5.41, 5.74) is 3.35. The van der Waals surface area contributed by atoms with Gasteiger partial charge in [0.2, 0.25) is 0 Å². The van der Waals surface area contributed by atoms with Gasteiger partial charge in [0.1, 0.15) is 5.75 Å². The SMILES string of the molecule is COCCn1ncc2ccc(NC(=O)c3cccc4c3OCC4)cc21. The van der Waals surface area contributed by atoms with Crippen molar-refractivity contribution in [2.45, 2.75) is 13.0 Å². The number of anilines is 1. The summed E-state index contributed by atoms with van der Waals surface area (Å²) in [5.74, 6) is 0.535. The van der Waals surface area contributed by atoms with Crippen molar-refractivity contribution in [3.63, 3.8) is 0 Å². The van der Waals surface area contributed by atoms with Crippen LogP contribution in [0.2, 0.25) is 0 Å². The van der Waals surface area contributed by atoms with E-state index < -0.39 is 0 Å². The molecule has 3 aromatic rings. The van der Waals surface area contributed by atoms with Crippen LogP contribution in [0.25, 0.3) is 10.9 Å². The predicted octanol–water partition coefficient (Wildman–Crippen LogP) is 2.87. The molecule has 6 nitrogen and oxygen atoms in total.